The topological polar surface area (TPSA) is 66.3 Å². The Morgan fingerprint density at radius 2 is 2.15 bits per heavy atom. The van der Waals surface area contributed by atoms with Gasteiger partial charge in [-0.05, 0) is 50.9 Å². The van der Waals surface area contributed by atoms with Gasteiger partial charge in [-0.25, -0.2) is 4.79 Å². The van der Waals surface area contributed by atoms with Gasteiger partial charge in [0.15, 0.2) is 0 Å². The fourth-order valence-corrected chi connectivity index (χ4v) is 3.85. The van der Waals surface area contributed by atoms with E-state index < -0.39 is 0 Å². The van der Waals surface area contributed by atoms with Crippen LogP contribution >= 0.6 is 0 Å². The molecule has 3 rings (SSSR count). The largest absolute Gasteiger partial charge is 0.327 e. The number of nitrogens with zero attached hydrogens (tertiary/aromatic N) is 5. The summed E-state index contributed by atoms with van der Waals surface area (Å²) in [6, 6.07) is 2.11. The molecule has 2 aromatic rings. The third-order valence-electron chi connectivity index (χ3n) is 5.05. The highest BCUT2D eigenvalue weighted by molar-refractivity contribution is 5.89. The van der Waals surface area contributed by atoms with Crippen LogP contribution in [0.2, 0.25) is 0 Å². The van der Waals surface area contributed by atoms with Crippen LogP contribution < -0.4 is 5.32 Å². The molecule has 2 atom stereocenters. The Labute approximate surface area is 155 Å². The van der Waals surface area contributed by atoms with Crippen LogP contribution in [0.25, 0.3) is 0 Å². The smallest absolute Gasteiger partial charge is 0.321 e. The highest BCUT2D eigenvalue weighted by Gasteiger charge is 2.32. The number of urea groups is 1. The van der Waals surface area contributed by atoms with E-state index in [2.05, 4.69) is 33.5 Å². The SMILES string of the molecule is Cc1cncc(NC(=O)N(C)C[C@@H]2CCCN(C)[C@H]2c2cnn(C)c2)c1. The number of pyridine rings is 1. The molecular weight excluding hydrogens is 328 g/mol. The lowest BCUT2D eigenvalue weighted by molar-refractivity contribution is 0.101. The molecule has 1 N–H and O–H groups in total. The van der Waals surface area contributed by atoms with E-state index in [1.54, 1.807) is 17.3 Å². The van der Waals surface area contributed by atoms with Gasteiger partial charge >= 0.3 is 6.03 Å². The summed E-state index contributed by atoms with van der Waals surface area (Å²) in [6.45, 7) is 3.73. The van der Waals surface area contributed by atoms with Crippen LogP contribution in [0.5, 0.6) is 0 Å². The lowest BCUT2D eigenvalue weighted by Crippen LogP contribution is -2.43. The number of amides is 2. The van der Waals surface area contributed by atoms with Crippen molar-refractivity contribution >= 4 is 11.7 Å². The van der Waals surface area contributed by atoms with Crippen LogP contribution in [0.15, 0.2) is 30.9 Å². The molecule has 0 unspecified atom stereocenters. The lowest BCUT2D eigenvalue weighted by atomic mass is 9.86. The third-order valence-corrected chi connectivity index (χ3v) is 5.05. The zero-order valence-electron chi connectivity index (χ0n) is 16.0. The summed E-state index contributed by atoms with van der Waals surface area (Å²) in [7, 11) is 5.95. The number of anilines is 1. The standard InChI is InChI=1S/C19H28N6O/c1-14-8-17(11-20-9-14)22-19(26)24(3)12-15-6-5-7-23(2)18(15)16-10-21-25(4)13-16/h8-11,13,15,18H,5-7,12H2,1-4H3,(H,22,26)/t15-,18+/m0/s1. The first kappa shape index (κ1) is 18.4. The van der Waals surface area contributed by atoms with Crippen LogP contribution in [0.4, 0.5) is 10.5 Å². The third kappa shape index (κ3) is 4.22. The molecule has 0 radical (unpaired) electrons. The molecule has 2 aromatic heterocycles. The molecule has 1 saturated heterocycles. The van der Waals surface area contributed by atoms with Crippen molar-refractivity contribution in [1.29, 1.82) is 0 Å². The Hall–Kier alpha value is -2.41. The van der Waals surface area contributed by atoms with Crippen molar-refractivity contribution in [2.75, 3.05) is 32.5 Å². The minimum atomic E-state index is -0.101. The van der Waals surface area contributed by atoms with Crippen molar-refractivity contribution in [2.45, 2.75) is 25.8 Å². The van der Waals surface area contributed by atoms with E-state index in [9.17, 15) is 4.79 Å². The molecule has 0 saturated carbocycles. The minimum Gasteiger partial charge on any atom is -0.327 e. The van der Waals surface area contributed by atoms with Crippen LogP contribution in [0, 0.1) is 12.8 Å². The summed E-state index contributed by atoms with van der Waals surface area (Å²) in [5.41, 5.74) is 2.97. The first-order valence-corrected chi connectivity index (χ1v) is 9.06. The Morgan fingerprint density at radius 1 is 1.35 bits per heavy atom. The van der Waals surface area contributed by atoms with Crippen molar-refractivity contribution in [1.82, 2.24) is 24.6 Å². The predicted octanol–water partition coefficient (Wildman–Crippen LogP) is 2.67. The number of carbonyl (C=O) groups excluding carboxylic acids is 1. The van der Waals surface area contributed by atoms with E-state index in [-0.39, 0.29) is 12.1 Å². The molecule has 1 aliphatic heterocycles. The second kappa shape index (κ2) is 7.86. The highest BCUT2D eigenvalue weighted by Crippen LogP contribution is 2.35. The van der Waals surface area contributed by atoms with E-state index in [0.29, 0.717) is 12.5 Å². The molecule has 0 spiro atoms. The van der Waals surface area contributed by atoms with Crippen LogP contribution in [0.3, 0.4) is 0 Å². The minimum absolute atomic E-state index is 0.101. The second-order valence-electron chi connectivity index (χ2n) is 7.34. The summed E-state index contributed by atoms with van der Waals surface area (Å²) >= 11 is 0. The van der Waals surface area contributed by atoms with E-state index in [4.69, 9.17) is 0 Å². The molecule has 140 valence electrons. The van der Waals surface area contributed by atoms with Crippen LogP contribution in [-0.4, -0.2) is 57.8 Å². The highest BCUT2D eigenvalue weighted by atomic mass is 16.2. The summed E-state index contributed by atoms with van der Waals surface area (Å²) in [5.74, 6) is 0.379. The number of aromatic nitrogens is 3. The Kier molecular flexibility index (Phi) is 5.56. The van der Waals surface area contributed by atoms with Crippen molar-refractivity contribution in [2.24, 2.45) is 13.0 Å². The van der Waals surface area contributed by atoms with Crippen molar-refractivity contribution in [3.63, 3.8) is 0 Å². The number of likely N-dealkylation sites (tertiary alicyclic amines) is 1. The first-order chi connectivity index (χ1) is 12.4. The summed E-state index contributed by atoms with van der Waals surface area (Å²) in [4.78, 5) is 20.9. The fraction of sp³-hybridized carbons (Fsp3) is 0.526. The van der Waals surface area contributed by atoms with Gasteiger partial charge in [0.2, 0.25) is 0 Å². The van der Waals surface area contributed by atoms with Gasteiger partial charge in [0.25, 0.3) is 0 Å². The fourth-order valence-electron chi connectivity index (χ4n) is 3.85. The van der Waals surface area contributed by atoms with Gasteiger partial charge in [0.05, 0.1) is 18.1 Å². The van der Waals surface area contributed by atoms with E-state index >= 15 is 0 Å². The van der Waals surface area contributed by atoms with Gasteiger partial charge in [-0.2, -0.15) is 5.10 Å². The van der Waals surface area contributed by atoms with Crippen molar-refractivity contribution in [3.05, 3.63) is 42.0 Å². The van der Waals surface area contributed by atoms with Gasteiger partial charge < -0.3 is 10.2 Å². The summed E-state index contributed by atoms with van der Waals surface area (Å²) < 4.78 is 1.84. The lowest BCUT2D eigenvalue weighted by Gasteiger charge is -2.40. The van der Waals surface area contributed by atoms with E-state index in [1.807, 2.05) is 38.0 Å². The number of piperidine rings is 1. The summed E-state index contributed by atoms with van der Waals surface area (Å²) in [5, 5.41) is 7.27. The first-order valence-electron chi connectivity index (χ1n) is 9.06. The molecule has 7 nitrogen and oxygen atoms in total. The normalized spacial score (nSPS) is 20.8. The Morgan fingerprint density at radius 3 is 2.85 bits per heavy atom. The number of nitrogens with one attached hydrogen (secondary N) is 1. The molecule has 7 heteroatoms. The van der Waals surface area contributed by atoms with Gasteiger partial charge in [-0.15, -0.1) is 0 Å². The van der Waals surface area contributed by atoms with Crippen LogP contribution in [-0.2, 0) is 7.05 Å². The van der Waals surface area contributed by atoms with E-state index in [1.165, 1.54) is 5.56 Å². The maximum atomic E-state index is 12.6. The number of hydrogen-bond acceptors (Lipinski definition) is 4. The van der Waals surface area contributed by atoms with Crippen molar-refractivity contribution in [3.8, 4) is 0 Å². The number of aryl methyl sites for hydroxylation is 2. The molecular formula is C19H28N6O. The Balaban J connectivity index is 1.67. The monoisotopic (exact) mass is 356 g/mol. The zero-order valence-corrected chi connectivity index (χ0v) is 16.0. The number of rotatable bonds is 4. The maximum Gasteiger partial charge on any atom is 0.321 e. The molecule has 0 bridgehead atoms. The number of hydrogen-bond donors (Lipinski definition) is 1. The molecule has 26 heavy (non-hydrogen) atoms. The Bertz CT molecular complexity index is 758. The molecule has 2 amide bonds. The predicted molar refractivity (Wildman–Crippen MR) is 102 cm³/mol. The molecule has 0 aromatic carbocycles. The van der Waals surface area contributed by atoms with Gasteiger partial charge in [0.1, 0.15) is 0 Å². The molecule has 0 aliphatic carbocycles. The zero-order chi connectivity index (χ0) is 18.7. The van der Waals surface area contributed by atoms with Gasteiger partial charge in [-0.3, -0.25) is 14.6 Å². The van der Waals surface area contributed by atoms with Crippen LogP contribution in [0.1, 0.15) is 30.0 Å². The quantitative estimate of drug-likeness (QED) is 0.915. The maximum absolute atomic E-state index is 12.6. The average molecular weight is 356 g/mol. The second-order valence-corrected chi connectivity index (χ2v) is 7.34. The molecule has 1 aliphatic rings. The number of carbonyl (C=O) groups is 1. The van der Waals surface area contributed by atoms with E-state index in [0.717, 1.165) is 30.6 Å². The van der Waals surface area contributed by atoms with Crippen molar-refractivity contribution < 1.29 is 4.79 Å². The summed E-state index contributed by atoms with van der Waals surface area (Å²) in [6.07, 6.45) is 9.72. The molecule has 3 heterocycles. The van der Waals surface area contributed by atoms with Gasteiger partial charge in [-0.1, -0.05) is 0 Å². The van der Waals surface area contributed by atoms with Gasteiger partial charge in [0, 0.05) is 44.6 Å². The average Bonchev–Trinajstić information content (AvgIpc) is 3.01. The molecule has 1 fully saturated rings.